The number of hydrogen-bond acceptors (Lipinski definition) is 3. The fraction of sp³-hybridized carbons (Fsp3) is 0.600. The summed E-state index contributed by atoms with van der Waals surface area (Å²) in [5, 5.41) is 4.02. The first-order valence-electron chi connectivity index (χ1n) is 9.82. The minimum atomic E-state index is -0.217. The van der Waals surface area contributed by atoms with Crippen LogP contribution in [0.5, 0.6) is 0 Å². The highest BCUT2D eigenvalue weighted by Crippen LogP contribution is 2.29. The van der Waals surface area contributed by atoms with E-state index < -0.39 is 0 Å². The number of cyclic esters (lactones) is 1. The SMILES string of the molecule is CCC(C)C1COC(=O)N1C1CCN(C(=O)NCc2ccc(Cl)cc2Cl)CC1. The summed E-state index contributed by atoms with van der Waals surface area (Å²) in [7, 11) is 0. The van der Waals surface area contributed by atoms with Crippen LogP contribution in [0.25, 0.3) is 0 Å². The average Bonchev–Trinajstić information content (AvgIpc) is 3.08. The van der Waals surface area contributed by atoms with E-state index in [1.807, 2.05) is 11.0 Å². The number of hydrogen-bond donors (Lipinski definition) is 1. The molecule has 1 N–H and O–H groups in total. The standard InChI is InChI=1S/C20H27Cl2N3O3/c1-3-13(2)18-12-28-20(27)25(18)16-6-8-24(9-7-16)19(26)23-11-14-4-5-15(21)10-17(14)22/h4-5,10,13,16,18H,3,6-9,11-12H2,1-2H3,(H,23,26). The lowest BCUT2D eigenvalue weighted by Gasteiger charge is -2.39. The first-order chi connectivity index (χ1) is 13.4. The minimum absolute atomic E-state index is 0.119. The molecule has 28 heavy (non-hydrogen) atoms. The zero-order valence-electron chi connectivity index (χ0n) is 16.3. The van der Waals surface area contributed by atoms with Gasteiger partial charge in [0, 0.05) is 35.7 Å². The molecule has 2 aliphatic rings. The number of nitrogens with zero attached hydrogens (tertiary/aromatic N) is 2. The molecule has 1 aromatic carbocycles. The Kier molecular flexibility index (Phi) is 6.94. The number of carbonyl (C=O) groups is 2. The van der Waals surface area contributed by atoms with Crippen LogP contribution in [0.3, 0.4) is 0 Å². The van der Waals surface area contributed by atoms with Crippen molar-refractivity contribution in [3.05, 3.63) is 33.8 Å². The summed E-state index contributed by atoms with van der Waals surface area (Å²) in [6.45, 7) is 6.33. The Bertz CT molecular complexity index is 723. The molecule has 2 heterocycles. The molecule has 0 spiro atoms. The zero-order chi connectivity index (χ0) is 20.3. The van der Waals surface area contributed by atoms with Crippen LogP contribution in [0, 0.1) is 5.92 Å². The topological polar surface area (TPSA) is 61.9 Å². The van der Waals surface area contributed by atoms with E-state index in [1.165, 1.54) is 0 Å². The second kappa shape index (κ2) is 9.23. The maximum absolute atomic E-state index is 12.5. The second-order valence-electron chi connectivity index (χ2n) is 7.55. The zero-order valence-corrected chi connectivity index (χ0v) is 17.8. The number of nitrogens with one attached hydrogen (secondary N) is 1. The summed E-state index contributed by atoms with van der Waals surface area (Å²) in [6.07, 6.45) is 2.31. The molecule has 3 amide bonds. The van der Waals surface area contributed by atoms with Crippen molar-refractivity contribution < 1.29 is 14.3 Å². The highest BCUT2D eigenvalue weighted by molar-refractivity contribution is 6.35. The van der Waals surface area contributed by atoms with Crippen LogP contribution >= 0.6 is 23.2 Å². The Balaban J connectivity index is 1.51. The predicted octanol–water partition coefficient (Wildman–Crippen LogP) is 4.53. The van der Waals surface area contributed by atoms with E-state index in [1.54, 1.807) is 17.0 Å². The molecule has 1 aromatic rings. The van der Waals surface area contributed by atoms with Crippen molar-refractivity contribution in [2.45, 2.75) is 51.7 Å². The van der Waals surface area contributed by atoms with Gasteiger partial charge in [0.05, 0.1) is 6.04 Å². The van der Waals surface area contributed by atoms with E-state index in [0.29, 0.717) is 42.2 Å². The van der Waals surface area contributed by atoms with Crippen LogP contribution in [0.15, 0.2) is 18.2 Å². The van der Waals surface area contributed by atoms with Gasteiger partial charge in [0.1, 0.15) is 6.61 Å². The monoisotopic (exact) mass is 427 g/mol. The molecule has 3 rings (SSSR count). The Morgan fingerprint density at radius 1 is 1.32 bits per heavy atom. The second-order valence-corrected chi connectivity index (χ2v) is 8.39. The molecule has 2 aliphatic heterocycles. The molecule has 2 saturated heterocycles. The molecule has 0 aliphatic carbocycles. The lowest BCUT2D eigenvalue weighted by Crippen LogP contribution is -2.52. The molecule has 2 unspecified atom stereocenters. The fourth-order valence-electron chi connectivity index (χ4n) is 3.87. The molecule has 0 radical (unpaired) electrons. The van der Waals surface area contributed by atoms with Crippen LogP contribution < -0.4 is 5.32 Å². The third-order valence-electron chi connectivity index (χ3n) is 5.84. The van der Waals surface area contributed by atoms with Crippen LogP contribution in [-0.4, -0.2) is 53.7 Å². The van der Waals surface area contributed by atoms with E-state index in [0.717, 1.165) is 24.8 Å². The van der Waals surface area contributed by atoms with E-state index >= 15 is 0 Å². The number of carbonyl (C=O) groups excluding carboxylic acids is 2. The molecule has 2 atom stereocenters. The molecule has 0 bridgehead atoms. The van der Waals surface area contributed by atoms with E-state index in [-0.39, 0.29) is 24.2 Å². The molecule has 154 valence electrons. The van der Waals surface area contributed by atoms with Crippen LogP contribution in [0.1, 0.15) is 38.7 Å². The maximum Gasteiger partial charge on any atom is 0.410 e. The van der Waals surface area contributed by atoms with Crippen molar-refractivity contribution in [3.63, 3.8) is 0 Å². The van der Waals surface area contributed by atoms with Crippen molar-refractivity contribution in [2.75, 3.05) is 19.7 Å². The summed E-state index contributed by atoms with van der Waals surface area (Å²) >= 11 is 12.1. The van der Waals surface area contributed by atoms with E-state index in [4.69, 9.17) is 27.9 Å². The Morgan fingerprint density at radius 3 is 2.68 bits per heavy atom. The quantitative estimate of drug-likeness (QED) is 0.750. The van der Waals surface area contributed by atoms with Crippen LogP contribution in [-0.2, 0) is 11.3 Å². The summed E-state index contributed by atoms with van der Waals surface area (Å²) in [6, 6.07) is 5.37. The first-order valence-corrected chi connectivity index (χ1v) is 10.6. The Morgan fingerprint density at radius 2 is 2.04 bits per heavy atom. The summed E-state index contributed by atoms with van der Waals surface area (Å²) in [5.74, 6) is 0.400. The van der Waals surface area contributed by atoms with Gasteiger partial charge >= 0.3 is 12.1 Å². The van der Waals surface area contributed by atoms with Gasteiger partial charge in [0.15, 0.2) is 0 Å². The van der Waals surface area contributed by atoms with Gasteiger partial charge in [0.25, 0.3) is 0 Å². The smallest absolute Gasteiger partial charge is 0.410 e. The predicted molar refractivity (Wildman–Crippen MR) is 110 cm³/mol. The molecule has 0 aromatic heterocycles. The van der Waals surface area contributed by atoms with E-state index in [9.17, 15) is 9.59 Å². The molecular weight excluding hydrogens is 401 g/mol. The van der Waals surface area contributed by atoms with Gasteiger partial charge in [-0.05, 0) is 36.5 Å². The van der Waals surface area contributed by atoms with Crippen molar-refractivity contribution in [2.24, 2.45) is 5.92 Å². The molecule has 6 nitrogen and oxygen atoms in total. The van der Waals surface area contributed by atoms with Crippen molar-refractivity contribution in [3.8, 4) is 0 Å². The highest BCUT2D eigenvalue weighted by atomic mass is 35.5. The van der Waals surface area contributed by atoms with Crippen LogP contribution in [0.4, 0.5) is 9.59 Å². The molecule has 8 heteroatoms. The first kappa shape index (κ1) is 21.1. The lowest BCUT2D eigenvalue weighted by molar-refractivity contribution is 0.103. The van der Waals surface area contributed by atoms with Gasteiger partial charge in [-0.2, -0.15) is 0 Å². The number of piperidine rings is 1. The van der Waals surface area contributed by atoms with Gasteiger partial charge < -0.3 is 15.0 Å². The normalized spacial score (nSPS) is 21.6. The van der Waals surface area contributed by atoms with Gasteiger partial charge in [0.2, 0.25) is 0 Å². The van der Waals surface area contributed by atoms with Crippen molar-refractivity contribution in [1.82, 2.24) is 15.1 Å². The van der Waals surface area contributed by atoms with Crippen LogP contribution in [0.2, 0.25) is 10.0 Å². The van der Waals surface area contributed by atoms with Gasteiger partial charge in [-0.1, -0.05) is 49.5 Å². The number of ether oxygens (including phenoxy) is 1. The van der Waals surface area contributed by atoms with Crippen molar-refractivity contribution in [1.29, 1.82) is 0 Å². The molecular formula is C20H27Cl2N3O3. The fourth-order valence-corrected chi connectivity index (χ4v) is 4.35. The third-order valence-corrected chi connectivity index (χ3v) is 6.42. The average molecular weight is 428 g/mol. The highest BCUT2D eigenvalue weighted by Gasteiger charge is 2.41. The Labute approximate surface area is 176 Å². The molecule has 0 saturated carbocycles. The lowest BCUT2D eigenvalue weighted by atomic mass is 9.95. The van der Waals surface area contributed by atoms with Gasteiger partial charge in [-0.3, -0.25) is 4.90 Å². The molecule has 2 fully saturated rings. The number of benzene rings is 1. The summed E-state index contributed by atoms with van der Waals surface area (Å²) in [5.41, 5.74) is 0.825. The van der Waals surface area contributed by atoms with Gasteiger partial charge in [-0.15, -0.1) is 0 Å². The van der Waals surface area contributed by atoms with Gasteiger partial charge in [-0.25, -0.2) is 9.59 Å². The summed E-state index contributed by atoms with van der Waals surface area (Å²) in [4.78, 5) is 28.4. The number of halogens is 2. The van der Waals surface area contributed by atoms with E-state index in [2.05, 4.69) is 19.2 Å². The maximum atomic E-state index is 12.5. The largest absolute Gasteiger partial charge is 0.447 e. The number of rotatable bonds is 5. The van der Waals surface area contributed by atoms with Crippen molar-refractivity contribution >= 4 is 35.3 Å². The minimum Gasteiger partial charge on any atom is -0.447 e. The number of urea groups is 1. The number of amides is 3. The number of likely N-dealkylation sites (tertiary alicyclic amines) is 1. The third kappa shape index (κ3) is 4.66. The Hall–Kier alpha value is -1.66. The summed E-state index contributed by atoms with van der Waals surface area (Å²) < 4.78 is 5.31.